The van der Waals surface area contributed by atoms with Crippen molar-refractivity contribution in [2.24, 2.45) is 5.41 Å². The van der Waals surface area contributed by atoms with Crippen LogP contribution in [0.15, 0.2) is 53.7 Å². The van der Waals surface area contributed by atoms with Gasteiger partial charge in [-0.2, -0.15) is 0 Å². The Labute approximate surface area is 175 Å². The van der Waals surface area contributed by atoms with Gasteiger partial charge in [-0.25, -0.2) is 4.98 Å². The number of carbonyl (C=O) groups excluding carboxylic acids is 1. The molecule has 1 unspecified atom stereocenters. The normalized spacial score (nSPS) is 19.9. The smallest absolute Gasteiger partial charge is 0.209 e. The SMILES string of the molecule is COc1ccc(C2C3=C(CC(C)(C)CC3=O)Nc3nc4ccccc4n32)c(OC)c1. The number of hydrogen-bond acceptors (Lipinski definition) is 5. The average Bonchev–Trinajstić information content (AvgIpc) is 3.08. The van der Waals surface area contributed by atoms with Crippen LogP contribution in [0.1, 0.15) is 38.3 Å². The minimum Gasteiger partial charge on any atom is -0.497 e. The third-order valence-corrected chi connectivity index (χ3v) is 6.05. The molecular formula is C24H25N3O3. The lowest BCUT2D eigenvalue weighted by atomic mass is 9.73. The van der Waals surface area contributed by atoms with Crippen molar-refractivity contribution in [3.05, 3.63) is 59.3 Å². The number of benzene rings is 2. The molecule has 2 heterocycles. The number of aromatic nitrogens is 2. The molecular weight excluding hydrogens is 378 g/mol. The molecule has 154 valence electrons. The molecule has 6 heteroatoms. The molecule has 0 fully saturated rings. The van der Waals surface area contributed by atoms with E-state index in [2.05, 4.69) is 23.7 Å². The van der Waals surface area contributed by atoms with Gasteiger partial charge in [-0.1, -0.05) is 26.0 Å². The largest absolute Gasteiger partial charge is 0.497 e. The van der Waals surface area contributed by atoms with Gasteiger partial charge in [-0.15, -0.1) is 0 Å². The van der Waals surface area contributed by atoms with E-state index in [1.165, 1.54) is 0 Å². The lowest BCUT2D eigenvalue weighted by molar-refractivity contribution is -0.118. The van der Waals surface area contributed by atoms with Gasteiger partial charge in [-0.05, 0) is 36.1 Å². The number of nitrogens with zero attached hydrogens (tertiary/aromatic N) is 2. The van der Waals surface area contributed by atoms with Crippen molar-refractivity contribution in [2.75, 3.05) is 19.5 Å². The summed E-state index contributed by atoms with van der Waals surface area (Å²) in [6, 6.07) is 13.5. The van der Waals surface area contributed by atoms with Crippen LogP contribution in [-0.4, -0.2) is 29.6 Å². The summed E-state index contributed by atoms with van der Waals surface area (Å²) in [6.07, 6.45) is 1.32. The molecule has 2 aromatic carbocycles. The van der Waals surface area contributed by atoms with Crippen LogP contribution >= 0.6 is 0 Å². The van der Waals surface area contributed by atoms with Crippen LogP contribution in [0.2, 0.25) is 0 Å². The highest BCUT2D eigenvalue weighted by Crippen LogP contribution is 2.48. The number of nitrogens with one attached hydrogen (secondary N) is 1. The number of methoxy groups -OCH3 is 2. The summed E-state index contributed by atoms with van der Waals surface area (Å²) in [4.78, 5) is 18.2. The molecule has 1 aliphatic carbocycles. The van der Waals surface area contributed by atoms with E-state index < -0.39 is 0 Å². The molecule has 0 saturated heterocycles. The van der Waals surface area contributed by atoms with E-state index in [1.54, 1.807) is 14.2 Å². The summed E-state index contributed by atoms with van der Waals surface area (Å²) >= 11 is 0. The standard InChI is InChI=1S/C24H25N3O3/c1-24(2)12-17-21(19(28)13-24)22(15-10-9-14(29-3)11-20(15)30-4)27-18-8-6-5-7-16(18)25-23(27)26-17/h5-11,22H,12-13H2,1-4H3,(H,25,26). The van der Waals surface area contributed by atoms with Gasteiger partial charge in [0, 0.05) is 29.3 Å². The Morgan fingerprint density at radius 3 is 2.67 bits per heavy atom. The van der Waals surface area contributed by atoms with E-state index in [-0.39, 0.29) is 17.2 Å². The first kappa shape index (κ1) is 18.7. The quantitative estimate of drug-likeness (QED) is 0.686. The van der Waals surface area contributed by atoms with Crippen LogP contribution in [0.4, 0.5) is 5.95 Å². The molecule has 30 heavy (non-hydrogen) atoms. The third kappa shape index (κ3) is 2.78. The maximum atomic E-state index is 13.4. The Morgan fingerprint density at radius 2 is 1.90 bits per heavy atom. The van der Waals surface area contributed by atoms with Crippen molar-refractivity contribution in [3.63, 3.8) is 0 Å². The van der Waals surface area contributed by atoms with Crippen molar-refractivity contribution < 1.29 is 14.3 Å². The number of rotatable bonds is 3. The second kappa shape index (κ2) is 6.62. The highest BCUT2D eigenvalue weighted by molar-refractivity contribution is 6.01. The zero-order valence-electron chi connectivity index (χ0n) is 17.7. The fraction of sp³-hybridized carbons (Fsp3) is 0.333. The number of imidazole rings is 1. The molecule has 1 aliphatic heterocycles. The Balaban J connectivity index is 1.80. The molecule has 0 amide bonds. The summed E-state index contributed by atoms with van der Waals surface area (Å²) < 4.78 is 13.2. The van der Waals surface area contributed by atoms with Crippen LogP contribution in [0.5, 0.6) is 11.5 Å². The Bertz CT molecular complexity index is 1210. The maximum Gasteiger partial charge on any atom is 0.209 e. The summed E-state index contributed by atoms with van der Waals surface area (Å²) in [6.45, 7) is 4.27. The predicted molar refractivity (Wildman–Crippen MR) is 116 cm³/mol. The van der Waals surface area contributed by atoms with E-state index in [9.17, 15) is 4.79 Å². The maximum absolute atomic E-state index is 13.4. The molecule has 0 bridgehead atoms. The molecule has 1 N–H and O–H groups in total. The van der Waals surface area contributed by atoms with Gasteiger partial charge in [-0.3, -0.25) is 9.36 Å². The molecule has 3 aromatic rings. The first-order valence-corrected chi connectivity index (χ1v) is 10.1. The minimum absolute atomic E-state index is 0.0916. The molecule has 1 atom stereocenters. The summed E-state index contributed by atoms with van der Waals surface area (Å²) in [5, 5.41) is 3.48. The molecule has 1 aromatic heterocycles. The first-order valence-electron chi connectivity index (χ1n) is 10.1. The summed E-state index contributed by atoms with van der Waals surface area (Å²) in [5.41, 5.74) is 4.46. The predicted octanol–water partition coefficient (Wildman–Crippen LogP) is 4.71. The summed E-state index contributed by atoms with van der Waals surface area (Å²) in [5.74, 6) is 2.32. The van der Waals surface area contributed by atoms with E-state index in [0.717, 1.165) is 40.2 Å². The number of hydrogen-bond donors (Lipinski definition) is 1. The van der Waals surface area contributed by atoms with Gasteiger partial charge >= 0.3 is 0 Å². The summed E-state index contributed by atoms with van der Waals surface area (Å²) in [7, 11) is 3.28. The van der Waals surface area contributed by atoms with Crippen molar-refractivity contribution in [2.45, 2.75) is 32.7 Å². The Kier molecular flexibility index (Phi) is 4.13. The monoisotopic (exact) mass is 403 g/mol. The van der Waals surface area contributed by atoms with Gasteiger partial charge in [0.05, 0.1) is 31.3 Å². The van der Waals surface area contributed by atoms with Crippen molar-refractivity contribution in [1.82, 2.24) is 9.55 Å². The Hall–Kier alpha value is -3.28. The lowest BCUT2D eigenvalue weighted by Gasteiger charge is -2.39. The zero-order valence-corrected chi connectivity index (χ0v) is 17.7. The Morgan fingerprint density at radius 1 is 1.10 bits per heavy atom. The minimum atomic E-state index is -0.312. The fourth-order valence-corrected chi connectivity index (χ4v) is 4.76. The molecule has 5 rings (SSSR count). The van der Waals surface area contributed by atoms with E-state index in [0.29, 0.717) is 17.9 Å². The van der Waals surface area contributed by atoms with Crippen molar-refractivity contribution in [1.29, 1.82) is 0 Å². The van der Waals surface area contributed by atoms with E-state index in [1.807, 2.05) is 42.5 Å². The van der Waals surface area contributed by atoms with Gasteiger partial charge in [0.15, 0.2) is 5.78 Å². The van der Waals surface area contributed by atoms with Crippen LogP contribution in [0, 0.1) is 5.41 Å². The number of carbonyl (C=O) groups is 1. The highest BCUT2D eigenvalue weighted by atomic mass is 16.5. The van der Waals surface area contributed by atoms with E-state index in [4.69, 9.17) is 14.5 Å². The van der Waals surface area contributed by atoms with Crippen molar-refractivity contribution in [3.8, 4) is 11.5 Å². The van der Waals surface area contributed by atoms with Gasteiger partial charge < -0.3 is 14.8 Å². The van der Waals surface area contributed by atoms with Crippen LogP contribution < -0.4 is 14.8 Å². The number of fused-ring (bicyclic) bond motifs is 3. The van der Waals surface area contributed by atoms with E-state index >= 15 is 0 Å². The molecule has 0 spiro atoms. The van der Waals surface area contributed by atoms with Crippen molar-refractivity contribution >= 4 is 22.8 Å². The van der Waals surface area contributed by atoms with Crippen LogP contribution in [0.25, 0.3) is 11.0 Å². The lowest BCUT2D eigenvalue weighted by Crippen LogP contribution is -2.36. The first-order chi connectivity index (χ1) is 14.4. The zero-order chi connectivity index (χ0) is 21.0. The number of ketones is 1. The number of allylic oxidation sites excluding steroid dienone is 2. The molecule has 0 radical (unpaired) electrons. The third-order valence-electron chi connectivity index (χ3n) is 6.05. The molecule has 0 saturated carbocycles. The number of para-hydroxylation sites is 2. The number of Topliss-reactive ketones (excluding diaryl/α,β-unsaturated/α-hetero) is 1. The fourth-order valence-electron chi connectivity index (χ4n) is 4.76. The molecule has 2 aliphatic rings. The molecule has 6 nitrogen and oxygen atoms in total. The number of ether oxygens (including phenoxy) is 2. The second-order valence-electron chi connectivity index (χ2n) is 8.76. The number of anilines is 1. The topological polar surface area (TPSA) is 65.4 Å². The highest BCUT2D eigenvalue weighted by Gasteiger charge is 2.42. The average molecular weight is 403 g/mol. The van der Waals surface area contributed by atoms with Crippen LogP contribution in [0.3, 0.4) is 0 Å². The van der Waals surface area contributed by atoms with Gasteiger partial charge in [0.1, 0.15) is 11.5 Å². The van der Waals surface area contributed by atoms with Gasteiger partial charge in [0.2, 0.25) is 5.95 Å². The second-order valence-corrected chi connectivity index (χ2v) is 8.76. The van der Waals surface area contributed by atoms with Gasteiger partial charge in [0.25, 0.3) is 0 Å². The van der Waals surface area contributed by atoms with Crippen LogP contribution in [-0.2, 0) is 4.79 Å².